The summed E-state index contributed by atoms with van der Waals surface area (Å²) in [5.41, 5.74) is 1.18. The lowest BCUT2D eigenvalue weighted by molar-refractivity contribution is 0.171. The van der Waals surface area contributed by atoms with E-state index in [0.717, 1.165) is 17.0 Å². The number of aliphatic hydroxyl groups excluding tert-OH is 1. The Morgan fingerprint density at radius 2 is 2.12 bits per heavy atom. The van der Waals surface area contributed by atoms with Gasteiger partial charge in [-0.15, -0.1) is 5.10 Å². The summed E-state index contributed by atoms with van der Waals surface area (Å²) in [5.74, 6) is 0.848. The number of hydrogen-bond acceptors (Lipinski definition) is 5. The molecule has 0 aliphatic heterocycles. The quantitative estimate of drug-likeness (QED) is 0.884. The highest BCUT2D eigenvalue weighted by atomic mass is 32.1. The summed E-state index contributed by atoms with van der Waals surface area (Å²) in [5, 5.41) is 13.6. The molecular formula is C12H14N2O2S. The van der Waals surface area contributed by atoms with E-state index in [2.05, 4.69) is 9.59 Å². The molecule has 0 fully saturated rings. The molecule has 1 N–H and O–H groups in total. The molecule has 0 spiro atoms. The molecule has 17 heavy (non-hydrogen) atoms. The average Bonchev–Trinajstić information content (AvgIpc) is 2.90. The van der Waals surface area contributed by atoms with Gasteiger partial charge in [0, 0.05) is 0 Å². The van der Waals surface area contributed by atoms with Crippen molar-refractivity contribution in [1.29, 1.82) is 0 Å². The molecule has 0 saturated carbocycles. The van der Waals surface area contributed by atoms with Crippen LogP contribution in [0.15, 0.2) is 30.5 Å². The fourth-order valence-corrected chi connectivity index (χ4v) is 2.08. The van der Waals surface area contributed by atoms with E-state index in [9.17, 15) is 5.11 Å². The van der Waals surface area contributed by atoms with Gasteiger partial charge < -0.3 is 9.84 Å². The number of aliphatic hydroxyl groups is 1. The molecule has 0 saturated heterocycles. The zero-order valence-corrected chi connectivity index (χ0v) is 10.4. The largest absolute Gasteiger partial charge is 0.497 e. The van der Waals surface area contributed by atoms with Gasteiger partial charge in [-0.2, -0.15) is 0 Å². The van der Waals surface area contributed by atoms with Crippen molar-refractivity contribution in [1.82, 2.24) is 9.59 Å². The van der Waals surface area contributed by atoms with E-state index in [0.29, 0.717) is 6.42 Å². The Kier molecular flexibility index (Phi) is 4.06. The summed E-state index contributed by atoms with van der Waals surface area (Å²) in [4.78, 5) is 0.818. The Balaban J connectivity index is 1.89. The molecule has 2 aromatic rings. The number of nitrogens with zero attached hydrogens (tertiary/aromatic N) is 2. The highest BCUT2D eigenvalue weighted by Gasteiger charge is 2.10. The highest BCUT2D eigenvalue weighted by molar-refractivity contribution is 7.05. The maximum atomic E-state index is 9.88. The third-order valence-corrected chi connectivity index (χ3v) is 3.34. The summed E-state index contributed by atoms with van der Waals surface area (Å²) in [6.45, 7) is 0. The Labute approximate surface area is 104 Å². The Morgan fingerprint density at radius 1 is 1.35 bits per heavy atom. The van der Waals surface area contributed by atoms with Gasteiger partial charge in [-0.25, -0.2) is 0 Å². The number of aryl methyl sites for hydroxylation is 1. The van der Waals surface area contributed by atoms with Crippen molar-refractivity contribution >= 4 is 11.5 Å². The van der Waals surface area contributed by atoms with Gasteiger partial charge in [0.05, 0.1) is 24.3 Å². The van der Waals surface area contributed by atoms with Gasteiger partial charge in [-0.1, -0.05) is 16.6 Å². The molecule has 5 heteroatoms. The van der Waals surface area contributed by atoms with Crippen LogP contribution in [0.2, 0.25) is 0 Å². The molecule has 0 aliphatic carbocycles. The molecular weight excluding hydrogens is 236 g/mol. The lowest BCUT2D eigenvalue weighted by atomic mass is 10.1. The zero-order chi connectivity index (χ0) is 12.1. The van der Waals surface area contributed by atoms with Gasteiger partial charge in [-0.3, -0.25) is 0 Å². The van der Waals surface area contributed by atoms with Crippen LogP contribution in [0.1, 0.15) is 23.0 Å². The van der Waals surface area contributed by atoms with E-state index < -0.39 is 6.10 Å². The van der Waals surface area contributed by atoms with Crippen LogP contribution in [-0.4, -0.2) is 21.8 Å². The monoisotopic (exact) mass is 250 g/mol. The van der Waals surface area contributed by atoms with E-state index >= 15 is 0 Å². The second-order valence-electron chi connectivity index (χ2n) is 3.72. The van der Waals surface area contributed by atoms with Crippen LogP contribution in [-0.2, 0) is 6.42 Å². The summed E-state index contributed by atoms with van der Waals surface area (Å²) in [6.07, 6.45) is 2.64. The molecule has 0 amide bonds. The molecule has 1 aromatic heterocycles. The maximum Gasteiger partial charge on any atom is 0.118 e. The van der Waals surface area contributed by atoms with E-state index in [4.69, 9.17) is 4.74 Å². The number of hydrogen-bond donors (Lipinski definition) is 1. The lowest BCUT2D eigenvalue weighted by Gasteiger charge is -2.07. The minimum atomic E-state index is -0.475. The van der Waals surface area contributed by atoms with Crippen molar-refractivity contribution in [2.24, 2.45) is 0 Å². The average molecular weight is 250 g/mol. The Hall–Kier alpha value is -1.46. The first-order valence-corrected chi connectivity index (χ1v) is 6.15. The van der Waals surface area contributed by atoms with Crippen molar-refractivity contribution < 1.29 is 9.84 Å². The standard InChI is InChI=1S/C12H14N2O2S/c1-16-10-5-2-9(3-6-10)4-7-11(15)12-8-13-14-17-12/h2-3,5-6,8,11,15H,4,7H2,1H3. The van der Waals surface area contributed by atoms with E-state index in [1.165, 1.54) is 17.1 Å². The van der Waals surface area contributed by atoms with Gasteiger partial charge in [0.25, 0.3) is 0 Å². The van der Waals surface area contributed by atoms with Crippen LogP contribution in [0.5, 0.6) is 5.75 Å². The van der Waals surface area contributed by atoms with Crippen molar-refractivity contribution in [2.45, 2.75) is 18.9 Å². The molecule has 4 nitrogen and oxygen atoms in total. The molecule has 0 bridgehead atoms. The summed E-state index contributed by atoms with van der Waals surface area (Å²) in [6, 6.07) is 7.87. The molecule has 0 radical (unpaired) electrons. The second kappa shape index (κ2) is 5.75. The summed E-state index contributed by atoms with van der Waals surface area (Å²) < 4.78 is 8.83. The fraction of sp³-hybridized carbons (Fsp3) is 0.333. The van der Waals surface area contributed by atoms with Crippen molar-refractivity contribution in [3.8, 4) is 5.75 Å². The third kappa shape index (κ3) is 3.25. The second-order valence-corrected chi connectivity index (χ2v) is 4.54. The molecule has 90 valence electrons. The Bertz CT molecular complexity index is 442. The summed E-state index contributed by atoms with van der Waals surface area (Å²) in [7, 11) is 1.65. The SMILES string of the molecule is COc1ccc(CCC(O)c2cnns2)cc1. The van der Waals surface area contributed by atoms with Crippen molar-refractivity contribution in [3.63, 3.8) is 0 Å². The summed E-state index contributed by atoms with van der Waals surface area (Å²) >= 11 is 1.24. The lowest BCUT2D eigenvalue weighted by Crippen LogP contribution is -1.97. The van der Waals surface area contributed by atoms with Gasteiger partial charge in [0.2, 0.25) is 0 Å². The third-order valence-electron chi connectivity index (χ3n) is 2.57. The number of methoxy groups -OCH3 is 1. The first kappa shape index (κ1) is 12.0. The Morgan fingerprint density at radius 3 is 2.71 bits per heavy atom. The van der Waals surface area contributed by atoms with Gasteiger partial charge in [0.1, 0.15) is 5.75 Å². The molecule has 1 aromatic carbocycles. The van der Waals surface area contributed by atoms with Gasteiger partial charge in [-0.05, 0) is 42.1 Å². The molecule has 1 atom stereocenters. The van der Waals surface area contributed by atoms with E-state index in [1.54, 1.807) is 13.3 Å². The number of rotatable bonds is 5. The topological polar surface area (TPSA) is 55.2 Å². The van der Waals surface area contributed by atoms with Crippen LogP contribution in [0.4, 0.5) is 0 Å². The smallest absolute Gasteiger partial charge is 0.118 e. The minimum Gasteiger partial charge on any atom is -0.497 e. The predicted octanol–water partition coefficient (Wildman–Crippen LogP) is 2.21. The van der Waals surface area contributed by atoms with Crippen LogP contribution in [0.3, 0.4) is 0 Å². The number of benzene rings is 1. The number of aromatic nitrogens is 2. The van der Waals surface area contributed by atoms with E-state index in [-0.39, 0.29) is 0 Å². The molecule has 0 aliphatic rings. The van der Waals surface area contributed by atoms with Crippen LogP contribution >= 0.6 is 11.5 Å². The van der Waals surface area contributed by atoms with Gasteiger partial charge in [0.15, 0.2) is 0 Å². The normalized spacial score (nSPS) is 12.4. The van der Waals surface area contributed by atoms with Crippen molar-refractivity contribution in [2.75, 3.05) is 7.11 Å². The first-order valence-electron chi connectivity index (χ1n) is 5.38. The number of ether oxygens (including phenoxy) is 1. The molecule has 1 unspecified atom stereocenters. The van der Waals surface area contributed by atoms with E-state index in [1.807, 2.05) is 24.3 Å². The van der Waals surface area contributed by atoms with Crippen LogP contribution in [0.25, 0.3) is 0 Å². The van der Waals surface area contributed by atoms with Gasteiger partial charge >= 0.3 is 0 Å². The molecule has 1 heterocycles. The maximum absolute atomic E-state index is 9.88. The van der Waals surface area contributed by atoms with Crippen molar-refractivity contribution in [3.05, 3.63) is 40.9 Å². The highest BCUT2D eigenvalue weighted by Crippen LogP contribution is 2.21. The first-order chi connectivity index (χ1) is 8.29. The molecule has 2 rings (SSSR count). The zero-order valence-electron chi connectivity index (χ0n) is 9.54. The fourth-order valence-electron chi connectivity index (χ4n) is 1.56. The van der Waals surface area contributed by atoms with Crippen LogP contribution < -0.4 is 4.74 Å². The minimum absolute atomic E-state index is 0.475. The van der Waals surface area contributed by atoms with Crippen LogP contribution in [0, 0.1) is 0 Å². The predicted molar refractivity (Wildman–Crippen MR) is 66.2 cm³/mol.